The molecule has 15 heavy (non-hydrogen) atoms. The summed E-state index contributed by atoms with van der Waals surface area (Å²) in [4.78, 5) is 2.51. The van der Waals surface area contributed by atoms with Crippen molar-refractivity contribution in [2.75, 3.05) is 25.4 Å². The van der Waals surface area contributed by atoms with E-state index in [4.69, 9.17) is 5.73 Å². The molecule has 0 radical (unpaired) electrons. The number of rotatable bonds is 3. The van der Waals surface area contributed by atoms with E-state index in [9.17, 15) is 0 Å². The van der Waals surface area contributed by atoms with E-state index in [1.165, 1.54) is 25.9 Å². The Morgan fingerprint density at radius 2 is 2.40 bits per heavy atom. The summed E-state index contributed by atoms with van der Waals surface area (Å²) < 4.78 is 1.76. The molecule has 1 aliphatic rings. The Morgan fingerprint density at radius 1 is 1.60 bits per heavy atom. The smallest absolute Gasteiger partial charge is 0.121 e. The summed E-state index contributed by atoms with van der Waals surface area (Å²) in [6.07, 6.45) is 2.45. The van der Waals surface area contributed by atoms with Gasteiger partial charge in [-0.15, -0.1) is 0 Å². The molecular weight excluding hydrogens is 188 g/mol. The Morgan fingerprint density at radius 3 is 3.00 bits per heavy atom. The molecule has 0 bridgehead atoms. The Labute approximate surface area is 91.1 Å². The number of hydrogen-bond donors (Lipinski definition) is 1. The lowest BCUT2D eigenvalue weighted by molar-refractivity contribution is 0.334. The van der Waals surface area contributed by atoms with Gasteiger partial charge in [0.15, 0.2) is 0 Å². The predicted octanol–water partition coefficient (Wildman–Crippen LogP) is 1.20. The summed E-state index contributed by atoms with van der Waals surface area (Å²) in [6, 6.07) is 2.01. The van der Waals surface area contributed by atoms with Crippen molar-refractivity contribution >= 4 is 5.82 Å². The third kappa shape index (κ3) is 2.15. The molecule has 0 unspecified atom stereocenters. The van der Waals surface area contributed by atoms with Crippen LogP contribution in [0.2, 0.25) is 0 Å². The lowest BCUT2D eigenvalue weighted by Gasteiger charge is -2.13. The van der Waals surface area contributed by atoms with Crippen LogP contribution in [0.3, 0.4) is 0 Å². The van der Waals surface area contributed by atoms with Crippen LogP contribution in [-0.4, -0.2) is 34.3 Å². The summed E-state index contributed by atoms with van der Waals surface area (Å²) in [5, 5.41) is 4.45. The minimum atomic E-state index is 0.583. The minimum absolute atomic E-state index is 0.583. The molecule has 0 amide bonds. The zero-order valence-electron chi connectivity index (χ0n) is 9.61. The maximum Gasteiger partial charge on any atom is 0.121 e. The zero-order valence-corrected chi connectivity index (χ0v) is 9.61. The molecule has 0 aromatic carbocycles. The van der Waals surface area contributed by atoms with Gasteiger partial charge in [-0.1, -0.05) is 6.92 Å². The number of nitrogens with zero attached hydrogens (tertiary/aromatic N) is 3. The molecule has 0 aliphatic carbocycles. The topological polar surface area (TPSA) is 47.1 Å². The number of nitrogens with two attached hydrogens (primary N) is 1. The largest absolute Gasteiger partial charge is 0.384 e. The maximum atomic E-state index is 5.79. The molecule has 0 saturated carbocycles. The van der Waals surface area contributed by atoms with Crippen molar-refractivity contribution in [3.63, 3.8) is 0 Å². The number of hydrogen-bond acceptors (Lipinski definition) is 3. The zero-order chi connectivity index (χ0) is 10.8. The van der Waals surface area contributed by atoms with Crippen LogP contribution in [0, 0.1) is 0 Å². The number of nitrogen functional groups attached to an aromatic ring is 1. The van der Waals surface area contributed by atoms with Gasteiger partial charge in [0, 0.05) is 25.6 Å². The van der Waals surface area contributed by atoms with Gasteiger partial charge in [0.2, 0.25) is 0 Å². The summed E-state index contributed by atoms with van der Waals surface area (Å²) in [7, 11) is 1.90. The Bertz CT molecular complexity index is 312. The van der Waals surface area contributed by atoms with Gasteiger partial charge in [-0.3, -0.25) is 4.68 Å². The summed E-state index contributed by atoms with van der Waals surface area (Å²) in [5.41, 5.74) is 6.95. The quantitative estimate of drug-likeness (QED) is 0.812. The highest BCUT2D eigenvalue weighted by Gasteiger charge is 2.25. The van der Waals surface area contributed by atoms with Crippen LogP contribution in [0.4, 0.5) is 5.82 Å². The first-order valence-corrected chi connectivity index (χ1v) is 5.72. The highest BCUT2D eigenvalue weighted by atomic mass is 15.3. The molecular formula is C11H20N4. The first kappa shape index (κ1) is 10.5. The van der Waals surface area contributed by atoms with E-state index in [0.29, 0.717) is 5.92 Å². The number of aromatic nitrogens is 2. The second-order valence-electron chi connectivity index (χ2n) is 4.40. The van der Waals surface area contributed by atoms with Crippen molar-refractivity contribution in [3.05, 3.63) is 11.8 Å². The summed E-state index contributed by atoms with van der Waals surface area (Å²) >= 11 is 0. The molecule has 1 aromatic rings. The molecule has 1 aliphatic heterocycles. The molecule has 2 N–H and O–H groups in total. The van der Waals surface area contributed by atoms with Crippen LogP contribution in [0.5, 0.6) is 0 Å². The third-order valence-electron chi connectivity index (χ3n) is 3.17. The van der Waals surface area contributed by atoms with E-state index in [1.54, 1.807) is 4.68 Å². The number of likely N-dealkylation sites (tertiary alicyclic amines) is 1. The van der Waals surface area contributed by atoms with Gasteiger partial charge in [-0.25, -0.2) is 0 Å². The van der Waals surface area contributed by atoms with Gasteiger partial charge in [0.05, 0.1) is 5.69 Å². The molecule has 1 fully saturated rings. The highest BCUT2D eigenvalue weighted by molar-refractivity contribution is 5.32. The monoisotopic (exact) mass is 208 g/mol. The molecule has 0 spiro atoms. The van der Waals surface area contributed by atoms with E-state index >= 15 is 0 Å². The van der Waals surface area contributed by atoms with Crippen molar-refractivity contribution in [2.24, 2.45) is 7.05 Å². The van der Waals surface area contributed by atoms with Gasteiger partial charge < -0.3 is 10.6 Å². The van der Waals surface area contributed by atoms with Crippen molar-refractivity contribution < 1.29 is 0 Å². The molecule has 2 rings (SSSR count). The maximum absolute atomic E-state index is 5.79. The van der Waals surface area contributed by atoms with Gasteiger partial charge in [0.1, 0.15) is 5.82 Å². The van der Waals surface area contributed by atoms with Gasteiger partial charge in [-0.2, -0.15) is 5.10 Å². The second kappa shape index (κ2) is 4.23. The fourth-order valence-corrected chi connectivity index (χ4v) is 2.30. The average molecular weight is 208 g/mol. The van der Waals surface area contributed by atoms with E-state index < -0.39 is 0 Å². The average Bonchev–Trinajstić information content (AvgIpc) is 2.76. The van der Waals surface area contributed by atoms with Crippen LogP contribution in [0.15, 0.2) is 6.07 Å². The number of anilines is 1. The normalized spacial score (nSPS) is 22.4. The fraction of sp³-hybridized carbons (Fsp3) is 0.727. The predicted molar refractivity (Wildman–Crippen MR) is 61.7 cm³/mol. The molecule has 1 atom stereocenters. The van der Waals surface area contributed by atoms with Crippen LogP contribution < -0.4 is 5.73 Å². The van der Waals surface area contributed by atoms with Crippen LogP contribution >= 0.6 is 0 Å². The molecule has 4 nitrogen and oxygen atoms in total. The van der Waals surface area contributed by atoms with Crippen LogP contribution in [-0.2, 0) is 7.05 Å². The summed E-state index contributed by atoms with van der Waals surface area (Å²) in [5.74, 6) is 1.35. The number of aryl methyl sites for hydroxylation is 1. The standard InChI is InChI=1S/C11H20N4/c1-3-5-15-6-4-9(8-15)10-7-11(12)14(2)13-10/h7,9H,3-6,8,12H2,1-2H3/t9-/m0/s1. The molecule has 2 heterocycles. The van der Waals surface area contributed by atoms with Crippen LogP contribution in [0.25, 0.3) is 0 Å². The molecule has 84 valence electrons. The van der Waals surface area contributed by atoms with Crippen molar-refractivity contribution in [1.29, 1.82) is 0 Å². The molecule has 4 heteroatoms. The summed E-state index contributed by atoms with van der Waals surface area (Å²) in [6.45, 7) is 5.78. The van der Waals surface area contributed by atoms with E-state index in [-0.39, 0.29) is 0 Å². The van der Waals surface area contributed by atoms with E-state index in [2.05, 4.69) is 16.9 Å². The van der Waals surface area contributed by atoms with Gasteiger partial charge in [-0.05, 0) is 25.9 Å². The van der Waals surface area contributed by atoms with E-state index in [1.807, 2.05) is 13.1 Å². The van der Waals surface area contributed by atoms with Crippen molar-refractivity contribution in [1.82, 2.24) is 14.7 Å². The van der Waals surface area contributed by atoms with Gasteiger partial charge >= 0.3 is 0 Å². The van der Waals surface area contributed by atoms with Crippen molar-refractivity contribution in [3.8, 4) is 0 Å². The fourth-order valence-electron chi connectivity index (χ4n) is 2.30. The highest BCUT2D eigenvalue weighted by Crippen LogP contribution is 2.26. The lowest BCUT2D eigenvalue weighted by Crippen LogP contribution is -2.21. The third-order valence-corrected chi connectivity index (χ3v) is 3.17. The Hall–Kier alpha value is -1.03. The lowest BCUT2D eigenvalue weighted by atomic mass is 10.1. The Kier molecular flexibility index (Phi) is 2.95. The van der Waals surface area contributed by atoms with E-state index in [0.717, 1.165) is 18.1 Å². The van der Waals surface area contributed by atoms with Crippen LogP contribution in [0.1, 0.15) is 31.4 Å². The molecule has 1 saturated heterocycles. The minimum Gasteiger partial charge on any atom is -0.384 e. The second-order valence-corrected chi connectivity index (χ2v) is 4.40. The first-order chi connectivity index (χ1) is 7.20. The first-order valence-electron chi connectivity index (χ1n) is 5.72. The van der Waals surface area contributed by atoms with Crippen molar-refractivity contribution in [2.45, 2.75) is 25.7 Å². The van der Waals surface area contributed by atoms with Gasteiger partial charge in [0.25, 0.3) is 0 Å². The SMILES string of the molecule is CCCN1CC[C@H](c2cc(N)n(C)n2)C1. The molecule has 1 aromatic heterocycles. The Balaban J connectivity index is 2.01.